The Hall–Kier alpha value is 1.49. The predicted molar refractivity (Wildman–Crippen MR) is 31.3 cm³/mol. The Morgan fingerprint density at radius 3 is 1.25 bits per heavy atom. The van der Waals surface area contributed by atoms with Gasteiger partial charge >= 0.3 is 0 Å². The monoisotopic (exact) mass is 279 g/mol. The van der Waals surface area contributed by atoms with Crippen molar-refractivity contribution in [2.45, 2.75) is 0 Å². The van der Waals surface area contributed by atoms with Crippen molar-refractivity contribution in [1.82, 2.24) is 0 Å². The molecule has 0 aromatic carbocycles. The molecule has 0 heterocycles. The summed E-state index contributed by atoms with van der Waals surface area (Å²) in [6.07, 6.45) is 0. The van der Waals surface area contributed by atoms with Crippen LogP contribution >= 0.6 is 24.0 Å². The van der Waals surface area contributed by atoms with Crippen molar-refractivity contribution in [2.75, 3.05) is 7.05 Å². The van der Waals surface area contributed by atoms with Crippen LogP contribution in [0.1, 0.15) is 0 Å². The van der Waals surface area contributed by atoms with Gasteiger partial charge in [-0.05, 0) is 7.05 Å². The van der Waals surface area contributed by atoms with E-state index in [2.05, 4.69) is 5.73 Å². The van der Waals surface area contributed by atoms with Gasteiger partial charge in [-0.15, -0.1) is 24.0 Å². The standard InChI is InChI=1S/CH5N.HI.Sn/c1-2;;/h2H2,1H3;1H;. The summed E-state index contributed by atoms with van der Waals surface area (Å²) in [4.78, 5) is 0. The first-order valence-corrected chi connectivity index (χ1v) is 0.577. The molecule has 0 aliphatic heterocycles. The van der Waals surface area contributed by atoms with E-state index in [1.54, 1.807) is 0 Å². The van der Waals surface area contributed by atoms with E-state index in [4.69, 9.17) is 0 Å². The number of hydrogen-bond donors (Lipinski definition) is 1. The van der Waals surface area contributed by atoms with Crippen LogP contribution in [0.25, 0.3) is 0 Å². The van der Waals surface area contributed by atoms with Gasteiger partial charge in [0, 0.05) is 23.9 Å². The third kappa shape index (κ3) is 9.75. The van der Waals surface area contributed by atoms with E-state index in [0.29, 0.717) is 0 Å². The molecule has 0 unspecified atom stereocenters. The van der Waals surface area contributed by atoms with Crippen molar-refractivity contribution in [1.29, 1.82) is 0 Å². The summed E-state index contributed by atoms with van der Waals surface area (Å²) in [5.74, 6) is 0. The Kier molecular flexibility index (Phi) is 110. The minimum atomic E-state index is 0. The van der Waals surface area contributed by atoms with E-state index in [9.17, 15) is 0 Å². The minimum Gasteiger partial charge on any atom is -0.333 e. The van der Waals surface area contributed by atoms with Crippen LogP contribution in [-0.4, -0.2) is 31.0 Å². The fourth-order valence-electron chi connectivity index (χ4n) is 0. The first-order chi connectivity index (χ1) is 1.00. The van der Waals surface area contributed by atoms with Gasteiger partial charge < -0.3 is 5.73 Å². The van der Waals surface area contributed by atoms with Crippen LogP contribution in [0.5, 0.6) is 0 Å². The van der Waals surface area contributed by atoms with Crippen molar-refractivity contribution in [3.8, 4) is 0 Å². The third-order valence-corrected chi connectivity index (χ3v) is 0. The summed E-state index contributed by atoms with van der Waals surface area (Å²) in [5, 5.41) is 0. The maximum atomic E-state index is 4.50. The molecule has 0 fully saturated rings. The van der Waals surface area contributed by atoms with Gasteiger partial charge in [0.1, 0.15) is 0 Å². The van der Waals surface area contributed by atoms with Crippen LogP contribution in [0.3, 0.4) is 0 Å². The zero-order chi connectivity index (χ0) is 2.00. The quantitative estimate of drug-likeness (QED) is 0.482. The zero-order valence-corrected chi connectivity index (χ0v) is 7.67. The first-order valence-electron chi connectivity index (χ1n) is 0.577. The molecule has 0 aliphatic rings. The Bertz CT molecular complexity index is 8.00. The van der Waals surface area contributed by atoms with Gasteiger partial charge in [0.15, 0.2) is 0 Å². The molecule has 0 aliphatic carbocycles. The van der Waals surface area contributed by atoms with Crippen LogP contribution in [0.15, 0.2) is 0 Å². The molecule has 4 heavy (non-hydrogen) atoms. The number of halogens is 1. The molecule has 0 amide bonds. The topological polar surface area (TPSA) is 26.0 Å². The normalized spacial score (nSPS) is 1.50. The van der Waals surface area contributed by atoms with Crippen molar-refractivity contribution >= 4 is 47.9 Å². The summed E-state index contributed by atoms with van der Waals surface area (Å²) >= 11 is 0. The summed E-state index contributed by atoms with van der Waals surface area (Å²) in [7, 11) is 1.50. The summed E-state index contributed by atoms with van der Waals surface area (Å²) in [6, 6.07) is 0. The van der Waals surface area contributed by atoms with E-state index in [-0.39, 0.29) is 47.9 Å². The Morgan fingerprint density at radius 2 is 1.25 bits per heavy atom. The molecule has 1 nitrogen and oxygen atoms in total. The molecule has 0 spiro atoms. The molecule has 0 aromatic heterocycles. The Labute approximate surface area is 60.3 Å². The van der Waals surface area contributed by atoms with Crippen molar-refractivity contribution in [3.05, 3.63) is 0 Å². The van der Waals surface area contributed by atoms with Gasteiger partial charge in [-0.3, -0.25) is 0 Å². The SMILES string of the molecule is CN.I.[Sn]. The molecule has 0 saturated heterocycles. The molecule has 26 valence electrons. The zero-order valence-electron chi connectivity index (χ0n) is 2.49. The van der Waals surface area contributed by atoms with E-state index < -0.39 is 0 Å². The summed E-state index contributed by atoms with van der Waals surface area (Å²) in [5.41, 5.74) is 4.50. The van der Waals surface area contributed by atoms with Gasteiger partial charge in [0.25, 0.3) is 0 Å². The van der Waals surface area contributed by atoms with E-state index >= 15 is 0 Å². The maximum absolute atomic E-state index is 4.50. The Balaban J connectivity index is -0.00000000500. The molecule has 0 bridgehead atoms. The van der Waals surface area contributed by atoms with Gasteiger partial charge in [0.2, 0.25) is 0 Å². The van der Waals surface area contributed by atoms with Crippen LogP contribution in [0.4, 0.5) is 0 Å². The second kappa shape index (κ2) is 24.7. The van der Waals surface area contributed by atoms with Gasteiger partial charge in [-0.25, -0.2) is 0 Å². The molecule has 0 atom stereocenters. The second-order valence-corrected chi connectivity index (χ2v) is 0. The first kappa shape index (κ1) is 17.9. The van der Waals surface area contributed by atoms with Gasteiger partial charge in [-0.2, -0.15) is 0 Å². The molecule has 0 aromatic rings. The third-order valence-electron chi connectivity index (χ3n) is 0. The van der Waals surface area contributed by atoms with Gasteiger partial charge in [0.05, 0.1) is 0 Å². The number of hydrogen-bond acceptors (Lipinski definition) is 1. The van der Waals surface area contributed by atoms with Crippen molar-refractivity contribution in [3.63, 3.8) is 0 Å². The maximum Gasteiger partial charge on any atom is 0 e. The van der Waals surface area contributed by atoms with Crippen LogP contribution in [0, 0.1) is 0 Å². The average molecular weight is 278 g/mol. The van der Waals surface area contributed by atoms with E-state index in [0.717, 1.165) is 0 Å². The molecule has 0 saturated carbocycles. The van der Waals surface area contributed by atoms with Gasteiger partial charge in [-0.1, -0.05) is 0 Å². The molecule has 0 rings (SSSR count). The largest absolute Gasteiger partial charge is 0.333 e. The smallest absolute Gasteiger partial charge is 0 e. The fourth-order valence-corrected chi connectivity index (χ4v) is 0. The predicted octanol–water partition coefficient (Wildman–Crippen LogP) is -0.188. The molecule has 2 N–H and O–H groups in total. The van der Waals surface area contributed by atoms with Crippen molar-refractivity contribution < 1.29 is 0 Å². The second-order valence-electron chi connectivity index (χ2n) is 0. The number of nitrogens with two attached hydrogens (primary N) is 1. The van der Waals surface area contributed by atoms with Crippen LogP contribution in [0.2, 0.25) is 0 Å². The van der Waals surface area contributed by atoms with E-state index in [1.807, 2.05) is 0 Å². The fraction of sp³-hybridized carbons (Fsp3) is 1.00. The summed E-state index contributed by atoms with van der Waals surface area (Å²) in [6.45, 7) is 0. The molecular formula is CH6INSn. The van der Waals surface area contributed by atoms with E-state index in [1.165, 1.54) is 7.05 Å². The Morgan fingerprint density at radius 1 is 1.25 bits per heavy atom. The molecular weight excluding hydrogens is 272 g/mol. The van der Waals surface area contributed by atoms with Crippen LogP contribution < -0.4 is 5.73 Å². The minimum absolute atomic E-state index is 0. The molecule has 3 heteroatoms. The number of rotatable bonds is 0. The van der Waals surface area contributed by atoms with Crippen LogP contribution in [-0.2, 0) is 0 Å². The summed E-state index contributed by atoms with van der Waals surface area (Å²) < 4.78 is 0. The average Bonchev–Trinajstić information content (AvgIpc) is 1.00. The molecule has 4 radical (unpaired) electrons. The van der Waals surface area contributed by atoms with Crippen molar-refractivity contribution in [2.24, 2.45) is 5.73 Å².